The Morgan fingerprint density at radius 3 is 2.37 bits per heavy atom. The molecule has 1 heterocycles. The highest BCUT2D eigenvalue weighted by Crippen LogP contribution is 2.44. The van der Waals surface area contributed by atoms with Crippen molar-refractivity contribution < 1.29 is 20.1 Å². The van der Waals surface area contributed by atoms with E-state index in [9.17, 15) is 15.3 Å². The molecule has 2 aromatic carbocycles. The van der Waals surface area contributed by atoms with E-state index < -0.39 is 0 Å². The van der Waals surface area contributed by atoms with Crippen molar-refractivity contribution >= 4 is 11.3 Å². The highest BCUT2D eigenvalue weighted by atomic mass is 16.5. The van der Waals surface area contributed by atoms with Crippen molar-refractivity contribution in [3.05, 3.63) is 53.6 Å². The molecule has 0 spiro atoms. The molecule has 0 atom stereocenters. The summed E-state index contributed by atoms with van der Waals surface area (Å²) in [5.41, 5.74) is 1.89. The van der Waals surface area contributed by atoms with Gasteiger partial charge in [0.15, 0.2) is 11.5 Å². The second-order valence-corrected chi connectivity index (χ2v) is 4.29. The van der Waals surface area contributed by atoms with Crippen molar-refractivity contribution in [1.29, 1.82) is 0 Å². The number of aliphatic hydroxyl groups excluding tert-OH is 1. The maximum Gasteiger partial charge on any atom is 0.201 e. The third kappa shape index (κ3) is 1.78. The number of rotatable bonds is 1. The lowest BCUT2D eigenvalue weighted by atomic mass is 9.98. The SMILES string of the molecule is OC1=C(c2ccccc2)COc2c1ccc(O)c2O. The summed E-state index contributed by atoms with van der Waals surface area (Å²) >= 11 is 0. The van der Waals surface area contributed by atoms with Crippen LogP contribution in [-0.4, -0.2) is 21.9 Å². The van der Waals surface area contributed by atoms with E-state index in [2.05, 4.69) is 0 Å². The summed E-state index contributed by atoms with van der Waals surface area (Å²) in [5.74, 6) is -0.453. The summed E-state index contributed by atoms with van der Waals surface area (Å²) in [5, 5.41) is 29.4. The molecular formula is C15H12O4. The molecule has 0 radical (unpaired) electrons. The number of aromatic hydroxyl groups is 2. The number of phenolic OH excluding ortho intramolecular Hbond substituents is 2. The van der Waals surface area contributed by atoms with Crippen LogP contribution < -0.4 is 4.74 Å². The van der Waals surface area contributed by atoms with Gasteiger partial charge in [0.1, 0.15) is 12.4 Å². The van der Waals surface area contributed by atoms with Crippen LogP contribution in [0.15, 0.2) is 42.5 Å². The van der Waals surface area contributed by atoms with Gasteiger partial charge in [-0.2, -0.15) is 0 Å². The molecule has 1 aliphatic rings. The minimum absolute atomic E-state index is 0.0581. The van der Waals surface area contributed by atoms with Gasteiger partial charge in [0, 0.05) is 5.57 Å². The van der Waals surface area contributed by atoms with E-state index in [-0.39, 0.29) is 29.6 Å². The zero-order chi connectivity index (χ0) is 13.4. The molecule has 0 amide bonds. The third-order valence-corrected chi connectivity index (χ3v) is 3.13. The minimum atomic E-state index is -0.351. The monoisotopic (exact) mass is 256 g/mol. The lowest BCUT2D eigenvalue weighted by molar-refractivity contribution is 0.318. The van der Waals surface area contributed by atoms with E-state index in [1.165, 1.54) is 12.1 Å². The van der Waals surface area contributed by atoms with Gasteiger partial charge in [0.2, 0.25) is 5.75 Å². The first kappa shape index (κ1) is 11.5. The van der Waals surface area contributed by atoms with Gasteiger partial charge >= 0.3 is 0 Å². The highest BCUT2D eigenvalue weighted by molar-refractivity contribution is 5.91. The molecule has 4 nitrogen and oxygen atoms in total. The molecular weight excluding hydrogens is 244 g/mol. The van der Waals surface area contributed by atoms with Gasteiger partial charge in [0.25, 0.3) is 0 Å². The average molecular weight is 256 g/mol. The molecule has 2 aromatic rings. The van der Waals surface area contributed by atoms with Crippen LogP contribution in [0.25, 0.3) is 11.3 Å². The van der Waals surface area contributed by atoms with E-state index >= 15 is 0 Å². The fraction of sp³-hybridized carbons (Fsp3) is 0.0667. The number of phenols is 2. The Labute approximate surface area is 109 Å². The van der Waals surface area contributed by atoms with Crippen LogP contribution in [0.3, 0.4) is 0 Å². The predicted octanol–water partition coefficient (Wildman–Crippen LogP) is 2.92. The summed E-state index contributed by atoms with van der Waals surface area (Å²) in [7, 11) is 0. The molecule has 19 heavy (non-hydrogen) atoms. The summed E-state index contributed by atoms with van der Waals surface area (Å²) in [6, 6.07) is 12.2. The van der Waals surface area contributed by atoms with Crippen LogP contribution in [0.5, 0.6) is 17.2 Å². The summed E-state index contributed by atoms with van der Waals surface area (Å²) in [6.07, 6.45) is 0. The van der Waals surface area contributed by atoms with Crippen LogP contribution in [0.1, 0.15) is 11.1 Å². The summed E-state index contributed by atoms with van der Waals surface area (Å²) in [6.45, 7) is 0.139. The fourth-order valence-electron chi connectivity index (χ4n) is 2.13. The van der Waals surface area contributed by atoms with Gasteiger partial charge in [-0.15, -0.1) is 0 Å². The van der Waals surface area contributed by atoms with E-state index in [0.29, 0.717) is 11.1 Å². The molecule has 4 heteroatoms. The van der Waals surface area contributed by atoms with Crippen LogP contribution in [0, 0.1) is 0 Å². The van der Waals surface area contributed by atoms with Crippen molar-refractivity contribution in [1.82, 2.24) is 0 Å². The van der Waals surface area contributed by atoms with E-state index in [4.69, 9.17) is 4.74 Å². The van der Waals surface area contributed by atoms with Crippen molar-refractivity contribution in [3.63, 3.8) is 0 Å². The van der Waals surface area contributed by atoms with Gasteiger partial charge in [-0.1, -0.05) is 30.3 Å². The molecule has 0 saturated carbocycles. The maximum atomic E-state index is 10.3. The van der Waals surface area contributed by atoms with Crippen LogP contribution >= 0.6 is 0 Å². The maximum absolute atomic E-state index is 10.3. The molecule has 96 valence electrons. The Kier molecular flexibility index (Phi) is 2.56. The Balaban J connectivity index is 2.17. The number of ether oxygens (including phenoxy) is 1. The Morgan fingerprint density at radius 1 is 0.895 bits per heavy atom. The minimum Gasteiger partial charge on any atom is -0.507 e. The standard InChI is InChI=1S/C15H12O4/c16-12-7-6-10-13(17)11(8-19-15(10)14(12)18)9-4-2-1-3-5-9/h1-7,16-18H,8H2. The molecule has 0 bridgehead atoms. The first-order valence-electron chi connectivity index (χ1n) is 5.84. The number of aliphatic hydroxyl groups is 1. The Bertz CT molecular complexity index is 659. The fourth-order valence-corrected chi connectivity index (χ4v) is 2.13. The number of fused-ring (bicyclic) bond motifs is 1. The molecule has 0 aliphatic carbocycles. The number of benzene rings is 2. The second kappa shape index (κ2) is 4.24. The van der Waals surface area contributed by atoms with Gasteiger partial charge in [-0.25, -0.2) is 0 Å². The zero-order valence-electron chi connectivity index (χ0n) is 10.00. The molecule has 0 fully saturated rings. The van der Waals surface area contributed by atoms with Crippen LogP contribution in [0.2, 0.25) is 0 Å². The Hall–Kier alpha value is -2.62. The number of hydrogen-bond acceptors (Lipinski definition) is 4. The largest absolute Gasteiger partial charge is 0.507 e. The lowest BCUT2D eigenvalue weighted by Gasteiger charge is -2.22. The quantitative estimate of drug-likeness (QED) is 0.686. The van der Waals surface area contributed by atoms with Crippen molar-refractivity contribution in [2.75, 3.05) is 6.61 Å². The Morgan fingerprint density at radius 2 is 1.63 bits per heavy atom. The molecule has 0 unspecified atom stereocenters. The lowest BCUT2D eigenvalue weighted by Crippen LogP contribution is -2.10. The van der Waals surface area contributed by atoms with Gasteiger partial charge in [-0.05, 0) is 17.7 Å². The molecule has 1 aliphatic heterocycles. The molecule has 3 N–H and O–H groups in total. The van der Waals surface area contributed by atoms with Gasteiger partial charge in [-0.3, -0.25) is 0 Å². The topological polar surface area (TPSA) is 69.9 Å². The zero-order valence-corrected chi connectivity index (χ0v) is 10.00. The highest BCUT2D eigenvalue weighted by Gasteiger charge is 2.24. The number of hydrogen-bond donors (Lipinski definition) is 3. The smallest absolute Gasteiger partial charge is 0.201 e. The molecule has 3 rings (SSSR count). The van der Waals surface area contributed by atoms with Crippen molar-refractivity contribution in [2.45, 2.75) is 0 Å². The predicted molar refractivity (Wildman–Crippen MR) is 71.2 cm³/mol. The average Bonchev–Trinajstić information content (AvgIpc) is 2.44. The van der Waals surface area contributed by atoms with Crippen LogP contribution in [0.4, 0.5) is 0 Å². The summed E-state index contributed by atoms with van der Waals surface area (Å²) < 4.78 is 5.44. The third-order valence-electron chi connectivity index (χ3n) is 3.13. The van der Waals surface area contributed by atoms with E-state index in [1.807, 2.05) is 30.3 Å². The van der Waals surface area contributed by atoms with Crippen LogP contribution in [-0.2, 0) is 0 Å². The van der Waals surface area contributed by atoms with Crippen molar-refractivity contribution in [3.8, 4) is 17.2 Å². The van der Waals surface area contributed by atoms with Gasteiger partial charge in [0.05, 0.1) is 5.56 Å². The second-order valence-electron chi connectivity index (χ2n) is 4.29. The van der Waals surface area contributed by atoms with Crippen molar-refractivity contribution in [2.24, 2.45) is 0 Å². The van der Waals surface area contributed by atoms with Gasteiger partial charge < -0.3 is 20.1 Å². The molecule has 0 saturated heterocycles. The van der Waals surface area contributed by atoms with E-state index in [1.54, 1.807) is 0 Å². The first-order valence-corrected chi connectivity index (χ1v) is 5.84. The normalized spacial score (nSPS) is 13.9. The summed E-state index contributed by atoms with van der Waals surface area (Å²) in [4.78, 5) is 0. The molecule has 0 aromatic heterocycles. The van der Waals surface area contributed by atoms with E-state index in [0.717, 1.165) is 5.56 Å². The first-order chi connectivity index (χ1) is 9.18.